The van der Waals surface area contributed by atoms with Gasteiger partial charge in [-0.15, -0.1) is 0 Å². The van der Waals surface area contributed by atoms with E-state index < -0.39 is 11.9 Å². The van der Waals surface area contributed by atoms with Crippen molar-refractivity contribution in [3.05, 3.63) is 70.9 Å². The molecule has 3 heterocycles. The largest absolute Gasteiger partial charge is 0.433 e. The molecule has 162 valence electrons. The normalized spacial score (nSPS) is 17.1. The Kier molecular flexibility index (Phi) is 5.51. The highest BCUT2D eigenvalue weighted by atomic mass is 19.4. The van der Waals surface area contributed by atoms with Crippen LogP contribution in [0.4, 0.5) is 17.6 Å². The third-order valence-electron chi connectivity index (χ3n) is 5.49. The zero-order valence-electron chi connectivity index (χ0n) is 16.7. The van der Waals surface area contributed by atoms with Gasteiger partial charge in [-0.3, -0.25) is 9.89 Å². The number of carbonyl (C=O) groups excluding carboxylic acids is 1. The van der Waals surface area contributed by atoms with Crippen molar-refractivity contribution in [3.63, 3.8) is 0 Å². The molecule has 1 fully saturated rings. The van der Waals surface area contributed by atoms with Gasteiger partial charge < -0.3 is 4.90 Å². The van der Waals surface area contributed by atoms with Gasteiger partial charge in [0.1, 0.15) is 11.5 Å². The number of piperidine rings is 1. The molecule has 1 saturated heterocycles. The Hall–Kier alpha value is -3.23. The predicted octanol–water partition coefficient (Wildman–Crippen LogP) is 4.96. The van der Waals surface area contributed by atoms with Crippen molar-refractivity contribution < 1.29 is 22.4 Å². The molecule has 3 aromatic rings. The molecule has 1 aromatic carbocycles. The van der Waals surface area contributed by atoms with Gasteiger partial charge in [0.05, 0.1) is 17.0 Å². The van der Waals surface area contributed by atoms with E-state index in [0.29, 0.717) is 18.8 Å². The van der Waals surface area contributed by atoms with Gasteiger partial charge in [0.25, 0.3) is 5.91 Å². The second-order valence-electron chi connectivity index (χ2n) is 7.63. The average Bonchev–Trinajstić information content (AvgIpc) is 3.23. The van der Waals surface area contributed by atoms with Crippen LogP contribution in [0.15, 0.2) is 42.5 Å². The molecular formula is C22H20F4N4O. The van der Waals surface area contributed by atoms with Gasteiger partial charge in [-0.05, 0) is 62.2 Å². The number of pyridine rings is 1. The van der Waals surface area contributed by atoms with E-state index in [1.807, 2.05) is 6.07 Å². The van der Waals surface area contributed by atoms with Crippen molar-refractivity contribution in [3.8, 4) is 11.3 Å². The zero-order valence-corrected chi connectivity index (χ0v) is 16.7. The number of benzene rings is 1. The fraction of sp³-hybridized carbons (Fsp3) is 0.318. The van der Waals surface area contributed by atoms with Crippen LogP contribution in [0.1, 0.15) is 46.2 Å². The molecule has 0 saturated carbocycles. The minimum atomic E-state index is -4.55. The van der Waals surface area contributed by atoms with Crippen molar-refractivity contribution in [1.29, 1.82) is 0 Å². The number of nitrogens with one attached hydrogen (secondary N) is 1. The summed E-state index contributed by atoms with van der Waals surface area (Å²) in [5.74, 6) is -0.641. The third kappa shape index (κ3) is 4.45. The number of hydrogen-bond acceptors (Lipinski definition) is 3. The van der Waals surface area contributed by atoms with E-state index in [-0.39, 0.29) is 28.9 Å². The van der Waals surface area contributed by atoms with E-state index in [9.17, 15) is 22.4 Å². The van der Waals surface area contributed by atoms with Crippen molar-refractivity contribution in [2.45, 2.75) is 31.9 Å². The Morgan fingerprint density at radius 2 is 1.90 bits per heavy atom. The van der Waals surface area contributed by atoms with Crippen molar-refractivity contribution >= 4 is 5.91 Å². The maximum Gasteiger partial charge on any atom is 0.433 e. The monoisotopic (exact) mass is 432 g/mol. The summed E-state index contributed by atoms with van der Waals surface area (Å²) in [5, 5.41) is 7.30. The summed E-state index contributed by atoms with van der Waals surface area (Å²) in [6, 6.07) is 9.94. The molecule has 9 heteroatoms. The number of halogens is 4. The summed E-state index contributed by atoms with van der Waals surface area (Å²) in [4.78, 5) is 18.2. The van der Waals surface area contributed by atoms with Gasteiger partial charge in [0, 0.05) is 30.3 Å². The second kappa shape index (κ2) is 8.13. The number of H-pyrrole nitrogens is 1. The van der Waals surface area contributed by atoms with E-state index in [4.69, 9.17) is 0 Å². The van der Waals surface area contributed by atoms with Crippen molar-refractivity contribution in [1.82, 2.24) is 20.1 Å². The molecule has 2 aromatic heterocycles. The molecule has 1 aliphatic rings. The van der Waals surface area contributed by atoms with E-state index >= 15 is 0 Å². The summed E-state index contributed by atoms with van der Waals surface area (Å²) in [7, 11) is 0. The first-order valence-electron chi connectivity index (χ1n) is 9.88. The lowest BCUT2D eigenvalue weighted by atomic mass is 9.93. The van der Waals surface area contributed by atoms with E-state index in [0.717, 1.165) is 30.2 Å². The Balaban J connectivity index is 1.50. The summed E-state index contributed by atoms with van der Waals surface area (Å²) < 4.78 is 51.7. The van der Waals surface area contributed by atoms with Crippen molar-refractivity contribution in [2.24, 2.45) is 0 Å². The number of amides is 1. The average molecular weight is 432 g/mol. The molecule has 1 N–H and O–H groups in total. The first kappa shape index (κ1) is 21.0. The van der Waals surface area contributed by atoms with E-state index in [1.165, 1.54) is 25.1 Å². The molecule has 0 radical (unpaired) electrons. The van der Waals surface area contributed by atoms with Gasteiger partial charge in [-0.2, -0.15) is 18.3 Å². The summed E-state index contributed by atoms with van der Waals surface area (Å²) in [5.41, 5.74) is 1.54. The predicted molar refractivity (Wildman–Crippen MR) is 106 cm³/mol. The standard InChI is InChI=1S/C22H20F4N4O/c1-13-17(8-9-20(27-13)22(24,25)26)21(31)30-10-2-3-15(12-30)19-11-18(28-29-19)14-4-6-16(23)7-5-14/h4-9,11,15H,2-3,10,12H2,1H3,(H,28,29)/t15-/m0/s1. The van der Waals surface area contributed by atoms with Crippen LogP contribution < -0.4 is 0 Å². The maximum absolute atomic E-state index is 13.1. The van der Waals surface area contributed by atoms with Gasteiger partial charge in [-0.25, -0.2) is 9.37 Å². The Labute approximate surface area is 176 Å². The molecule has 0 spiro atoms. The summed E-state index contributed by atoms with van der Waals surface area (Å²) in [6.07, 6.45) is -2.95. The highest BCUT2D eigenvalue weighted by Crippen LogP contribution is 2.31. The maximum atomic E-state index is 13.1. The number of aryl methyl sites for hydroxylation is 1. The molecule has 4 rings (SSSR count). The molecule has 0 unspecified atom stereocenters. The van der Waals surface area contributed by atoms with E-state index in [2.05, 4.69) is 15.2 Å². The Bertz CT molecular complexity index is 1090. The van der Waals surface area contributed by atoms with Crippen molar-refractivity contribution in [2.75, 3.05) is 13.1 Å². The fourth-order valence-electron chi connectivity index (χ4n) is 3.85. The number of hydrogen-bond donors (Lipinski definition) is 1. The smallest absolute Gasteiger partial charge is 0.338 e. The van der Waals surface area contributed by atoms with Gasteiger partial charge >= 0.3 is 6.18 Å². The molecular weight excluding hydrogens is 412 g/mol. The topological polar surface area (TPSA) is 61.9 Å². The lowest BCUT2D eigenvalue weighted by Gasteiger charge is -2.32. The van der Waals surface area contributed by atoms with Crippen LogP contribution in [0.25, 0.3) is 11.3 Å². The lowest BCUT2D eigenvalue weighted by Crippen LogP contribution is -2.39. The molecule has 1 aliphatic heterocycles. The Morgan fingerprint density at radius 3 is 2.58 bits per heavy atom. The zero-order chi connectivity index (χ0) is 22.2. The van der Waals surface area contributed by atoms with Gasteiger partial charge in [0.2, 0.25) is 0 Å². The highest BCUT2D eigenvalue weighted by molar-refractivity contribution is 5.95. The Morgan fingerprint density at radius 1 is 1.16 bits per heavy atom. The number of rotatable bonds is 3. The van der Waals surface area contributed by atoms with E-state index in [1.54, 1.807) is 17.0 Å². The first-order valence-corrected chi connectivity index (χ1v) is 9.88. The summed E-state index contributed by atoms with van der Waals surface area (Å²) >= 11 is 0. The summed E-state index contributed by atoms with van der Waals surface area (Å²) in [6.45, 7) is 2.35. The molecule has 1 atom stereocenters. The fourth-order valence-corrected chi connectivity index (χ4v) is 3.85. The molecule has 31 heavy (non-hydrogen) atoms. The second-order valence-corrected chi connectivity index (χ2v) is 7.63. The molecule has 0 bridgehead atoms. The molecule has 1 amide bonds. The first-order chi connectivity index (χ1) is 14.7. The minimum Gasteiger partial charge on any atom is -0.338 e. The lowest BCUT2D eigenvalue weighted by molar-refractivity contribution is -0.141. The number of nitrogens with zero attached hydrogens (tertiary/aromatic N) is 3. The SMILES string of the molecule is Cc1nc(C(F)(F)F)ccc1C(=O)N1CCC[C@H](c2cc(-c3ccc(F)cc3)n[nH]2)C1. The molecule has 0 aliphatic carbocycles. The van der Waals surface area contributed by atoms with Crippen LogP contribution >= 0.6 is 0 Å². The van der Waals surface area contributed by atoms with Gasteiger partial charge in [-0.1, -0.05) is 0 Å². The number of aromatic nitrogens is 3. The number of likely N-dealkylation sites (tertiary alicyclic amines) is 1. The molecule has 5 nitrogen and oxygen atoms in total. The van der Waals surface area contributed by atoms with Crippen LogP contribution in [0.3, 0.4) is 0 Å². The van der Waals surface area contributed by atoms with Crippen LogP contribution in [-0.4, -0.2) is 39.1 Å². The van der Waals surface area contributed by atoms with Crippen LogP contribution in [0.2, 0.25) is 0 Å². The highest BCUT2D eigenvalue weighted by Gasteiger charge is 2.34. The van der Waals surface area contributed by atoms with Crippen LogP contribution in [-0.2, 0) is 6.18 Å². The van der Waals surface area contributed by atoms with Gasteiger partial charge in [0.15, 0.2) is 0 Å². The van der Waals surface area contributed by atoms with Crippen LogP contribution in [0, 0.1) is 12.7 Å². The number of aromatic amines is 1. The number of alkyl halides is 3. The quantitative estimate of drug-likeness (QED) is 0.596. The third-order valence-corrected chi connectivity index (χ3v) is 5.49. The number of carbonyl (C=O) groups is 1. The van der Waals surface area contributed by atoms with Crippen LogP contribution in [0.5, 0.6) is 0 Å². The minimum absolute atomic E-state index is 0.0158.